The van der Waals surface area contributed by atoms with E-state index >= 15 is 0 Å². The maximum atomic E-state index is 11.9. The number of carboxylic acids is 1. The molecule has 1 aliphatic heterocycles. The summed E-state index contributed by atoms with van der Waals surface area (Å²) < 4.78 is 27.3. The highest BCUT2D eigenvalue weighted by atomic mass is 32.2. The number of likely N-dealkylation sites (tertiary alicyclic amines) is 1. The Balaban J connectivity index is 2.39. The topological polar surface area (TPSA) is 156 Å². The van der Waals surface area contributed by atoms with Gasteiger partial charge in [0.1, 0.15) is 11.6 Å². The van der Waals surface area contributed by atoms with Crippen LogP contribution in [0, 0.1) is 5.92 Å². The molecular weight excluding hydrogens is 378 g/mol. The zero-order valence-corrected chi connectivity index (χ0v) is 16.8. The average molecular weight is 407 g/mol. The molecule has 11 heteroatoms. The second-order valence-corrected chi connectivity index (χ2v) is 9.43. The van der Waals surface area contributed by atoms with Crippen LogP contribution in [-0.2, 0) is 24.3 Å². The number of ether oxygens (including phenoxy) is 1. The summed E-state index contributed by atoms with van der Waals surface area (Å²) in [6.07, 6.45) is 0.547. The lowest BCUT2D eigenvalue weighted by molar-refractivity contribution is -0.139. The van der Waals surface area contributed by atoms with Crippen molar-refractivity contribution in [3.05, 3.63) is 0 Å². The molecule has 0 radical (unpaired) electrons. The number of hydrogen-bond donors (Lipinski definition) is 3. The molecule has 0 aromatic carbocycles. The highest BCUT2D eigenvalue weighted by Crippen LogP contribution is 2.19. The van der Waals surface area contributed by atoms with Crippen molar-refractivity contribution in [1.82, 2.24) is 10.2 Å². The second-order valence-electron chi connectivity index (χ2n) is 7.77. The van der Waals surface area contributed by atoms with Gasteiger partial charge in [0.15, 0.2) is 0 Å². The third-order valence-corrected chi connectivity index (χ3v) is 4.86. The largest absolute Gasteiger partial charge is 0.480 e. The third kappa shape index (κ3) is 9.57. The summed E-state index contributed by atoms with van der Waals surface area (Å²) in [5.41, 5.74) is -0.725. The van der Waals surface area contributed by atoms with E-state index in [2.05, 4.69) is 5.32 Å². The maximum Gasteiger partial charge on any atom is 0.408 e. The fourth-order valence-corrected chi connectivity index (χ4v) is 3.75. The number of nitrogens with zero attached hydrogens (tertiary/aromatic N) is 1. The molecule has 0 aromatic heterocycles. The van der Waals surface area contributed by atoms with Crippen LogP contribution in [-0.4, -0.2) is 66.9 Å². The van der Waals surface area contributed by atoms with Gasteiger partial charge in [-0.3, -0.25) is 4.79 Å². The van der Waals surface area contributed by atoms with Crippen molar-refractivity contribution >= 4 is 28.0 Å². The molecule has 1 fully saturated rings. The van der Waals surface area contributed by atoms with Gasteiger partial charge in [-0.1, -0.05) is 0 Å². The van der Waals surface area contributed by atoms with Gasteiger partial charge in [0.05, 0.1) is 5.75 Å². The normalized spacial score (nSPS) is 19.0. The Morgan fingerprint density at radius 2 is 2.00 bits per heavy atom. The van der Waals surface area contributed by atoms with E-state index in [-0.39, 0.29) is 30.4 Å². The molecule has 2 amide bonds. The smallest absolute Gasteiger partial charge is 0.408 e. The SMILES string of the molecule is CC(C)(C)OC(=O)N[C@@H](CCCCN1CC(CS(N)(=O)=O)CC1=O)C(=O)O. The number of carboxylic acid groups (broad SMARTS) is 1. The zero-order chi connectivity index (χ0) is 20.8. The van der Waals surface area contributed by atoms with E-state index in [0.717, 1.165) is 0 Å². The van der Waals surface area contributed by atoms with Gasteiger partial charge in [0.25, 0.3) is 0 Å². The fraction of sp³-hybridized carbons (Fsp3) is 0.812. The van der Waals surface area contributed by atoms with Gasteiger partial charge in [-0.2, -0.15) is 0 Å². The van der Waals surface area contributed by atoms with Crippen molar-refractivity contribution in [2.75, 3.05) is 18.8 Å². The van der Waals surface area contributed by atoms with E-state index in [1.807, 2.05) is 0 Å². The third-order valence-electron chi connectivity index (χ3n) is 3.92. The van der Waals surface area contributed by atoms with Crippen LogP contribution in [0.5, 0.6) is 0 Å². The Bertz CT molecular complexity index is 657. The average Bonchev–Trinajstić information content (AvgIpc) is 2.77. The zero-order valence-electron chi connectivity index (χ0n) is 15.9. The molecule has 4 N–H and O–H groups in total. The molecule has 0 bridgehead atoms. The molecule has 156 valence electrons. The van der Waals surface area contributed by atoms with Gasteiger partial charge < -0.3 is 20.1 Å². The van der Waals surface area contributed by atoms with Crippen LogP contribution < -0.4 is 10.5 Å². The summed E-state index contributed by atoms with van der Waals surface area (Å²) in [6, 6.07) is -1.08. The quantitative estimate of drug-likeness (QED) is 0.463. The fourth-order valence-electron chi connectivity index (χ4n) is 2.87. The lowest BCUT2D eigenvalue weighted by Gasteiger charge is -2.22. The monoisotopic (exact) mass is 407 g/mol. The van der Waals surface area contributed by atoms with Crippen LogP contribution in [0.4, 0.5) is 4.79 Å². The molecule has 0 saturated carbocycles. The Labute approximate surface area is 159 Å². The van der Waals surface area contributed by atoms with Crippen LogP contribution in [0.3, 0.4) is 0 Å². The molecule has 10 nitrogen and oxygen atoms in total. The molecule has 1 aliphatic rings. The van der Waals surface area contributed by atoms with E-state index in [4.69, 9.17) is 9.88 Å². The first-order valence-corrected chi connectivity index (χ1v) is 10.5. The Kier molecular flexibility index (Phi) is 8.03. The number of unbranched alkanes of at least 4 members (excludes halogenated alkanes) is 1. The minimum Gasteiger partial charge on any atom is -0.480 e. The first kappa shape index (κ1) is 23.2. The van der Waals surface area contributed by atoms with Gasteiger partial charge in [0.2, 0.25) is 15.9 Å². The summed E-state index contributed by atoms with van der Waals surface area (Å²) in [6.45, 7) is 5.77. The number of hydrogen-bond acceptors (Lipinski definition) is 6. The van der Waals surface area contributed by atoms with Crippen molar-refractivity contribution in [3.8, 4) is 0 Å². The lowest BCUT2D eigenvalue weighted by Crippen LogP contribution is -2.43. The molecule has 27 heavy (non-hydrogen) atoms. The number of nitrogens with one attached hydrogen (secondary N) is 1. The number of carbonyl (C=O) groups is 3. The second kappa shape index (κ2) is 9.36. The Morgan fingerprint density at radius 3 is 2.52 bits per heavy atom. The summed E-state index contributed by atoms with van der Waals surface area (Å²) in [5, 5.41) is 16.5. The molecule has 1 saturated heterocycles. The first-order chi connectivity index (χ1) is 12.3. The van der Waals surface area contributed by atoms with Crippen molar-refractivity contribution in [1.29, 1.82) is 0 Å². The minimum absolute atomic E-state index is 0.134. The van der Waals surface area contributed by atoms with Gasteiger partial charge in [0, 0.05) is 25.4 Å². The highest BCUT2D eigenvalue weighted by molar-refractivity contribution is 7.89. The maximum absolute atomic E-state index is 11.9. The molecule has 1 unspecified atom stereocenters. The number of carbonyl (C=O) groups excluding carboxylic acids is 2. The van der Waals surface area contributed by atoms with Crippen molar-refractivity contribution in [2.24, 2.45) is 11.1 Å². The van der Waals surface area contributed by atoms with E-state index < -0.39 is 33.7 Å². The van der Waals surface area contributed by atoms with E-state index in [1.165, 1.54) is 0 Å². The summed E-state index contributed by atoms with van der Waals surface area (Å²) in [5.74, 6) is -1.83. The van der Waals surface area contributed by atoms with Crippen LogP contribution in [0.2, 0.25) is 0 Å². The first-order valence-electron chi connectivity index (χ1n) is 8.77. The minimum atomic E-state index is -3.62. The number of alkyl carbamates (subject to hydrolysis) is 1. The predicted octanol–water partition coefficient (Wildman–Crippen LogP) is 0.272. The standard InChI is InChI=1S/C16H29N3O7S/c1-16(2,3)26-15(23)18-12(14(21)22)6-4-5-7-19-9-11(8-13(19)20)10-27(17,24)25/h11-12H,4-10H2,1-3H3,(H,18,23)(H,21,22)(H2,17,24,25)/t11?,12-/m0/s1. The van der Waals surface area contributed by atoms with Crippen LogP contribution in [0.25, 0.3) is 0 Å². The number of sulfonamides is 1. The highest BCUT2D eigenvalue weighted by Gasteiger charge is 2.31. The van der Waals surface area contributed by atoms with Crippen molar-refractivity contribution in [2.45, 2.75) is 58.1 Å². The molecule has 0 spiro atoms. The molecular formula is C16H29N3O7S. The summed E-state index contributed by atoms with van der Waals surface area (Å²) in [7, 11) is -3.62. The van der Waals surface area contributed by atoms with Gasteiger partial charge in [-0.25, -0.2) is 23.1 Å². The predicted molar refractivity (Wildman–Crippen MR) is 97.3 cm³/mol. The van der Waals surface area contributed by atoms with Gasteiger partial charge in [-0.05, 0) is 40.0 Å². The molecule has 1 heterocycles. The Morgan fingerprint density at radius 1 is 1.37 bits per heavy atom. The number of amides is 2. The number of aliphatic carboxylic acids is 1. The van der Waals surface area contributed by atoms with Crippen LogP contribution >= 0.6 is 0 Å². The summed E-state index contributed by atoms with van der Waals surface area (Å²) in [4.78, 5) is 36.4. The van der Waals surface area contributed by atoms with E-state index in [1.54, 1.807) is 25.7 Å². The Hall–Kier alpha value is -1.88. The lowest BCUT2D eigenvalue weighted by atomic mass is 10.1. The van der Waals surface area contributed by atoms with Crippen molar-refractivity contribution in [3.63, 3.8) is 0 Å². The molecule has 0 aliphatic carbocycles. The molecule has 2 atom stereocenters. The van der Waals surface area contributed by atoms with Crippen molar-refractivity contribution < 1.29 is 32.6 Å². The number of nitrogens with two attached hydrogens (primary N) is 1. The van der Waals surface area contributed by atoms with Gasteiger partial charge in [-0.15, -0.1) is 0 Å². The number of rotatable bonds is 9. The molecule has 0 aromatic rings. The van der Waals surface area contributed by atoms with Gasteiger partial charge >= 0.3 is 12.1 Å². The molecule has 1 rings (SSSR count). The van der Waals surface area contributed by atoms with E-state index in [0.29, 0.717) is 25.9 Å². The van der Waals surface area contributed by atoms with Crippen LogP contribution in [0.1, 0.15) is 46.5 Å². The van der Waals surface area contributed by atoms with E-state index in [9.17, 15) is 27.9 Å². The van der Waals surface area contributed by atoms with Crippen LogP contribution in [0.15, 0.2) is 0 Å². The summed E-state index contributed by atoms with van der Waals surface area (Å²) >= 11 is 0. The number of primary sulfonamides is 1.